The molecule has 0 atom stereocenters. The third kappa shape index (κ3) is 3.75. The van der Waals surface area contributed by atoms with Crippen molar-refractivity contribution in [3.05, 3.63) is 83.0 Å². The Morgan fingerprint density at radius 3 is 2.62 bits per heavy atom. The number of aryl methyl sites for hydroxylation is 2. The number of rotatable bonds is 5. The lowest BCUT2D eigenvalue weighted by molar-refractivity contribution is -0.116. The van der Waals surface area contributed by atoms with Gasteiger partial charge in [0.2, 0.25) is 5.91 Å². The second-order valence-corrected chi connectivity index (χ2v) is 6.74. The molecule has 0 fully saturated rings. The molecule has 0 saturated carbocycles. The number of fused-ring (bicyclic) bond motifs is 1. The van der Waals surface area contributed by atoms with Gasteiger partial charge in [-0.25, -0.2) is 4.79 Å². The second-order valence-electron chi connectivity index (χ2n) is 6.74. The van der Waals surface area contributed by atoms with Crippen molar-refractivity contribution in [2.45, 2.75) is 13.5 Å². The smallest absolute Gasteiger partial charge is 0.329 e. The van der Waals surface area contributed by atoms with Crippen LogP contribution in [0.25, 0.3) is 11.0 Å². The van der Waals surface area contributed by atoms with Gasteiger partial charge in [0.05, 0.1) is 17.2 Å². The molecule has 0 saturated heterocycles. The van der Waals surface area contributed by atoms with E-state index in [0.717, 1.165) is 16.6 Å². The monoisotopic (exact) mass is 388 g/mol. The lowest BCUT2D eigenvalue weighted by atomic mass is 10.2. The summed E-state index contributed by atoms with van der Waals surface area (Å²) in [6.45, 7) is 1.84. The van der Waals surface area contributed by atoms with Gasteiger partial charge in [-0.1, -0.05) is 12.1 Å². The van der Waals surface area contributed by atoms with Crippen LogP contribution in [0.15, 0.2) is 71.8 Å². The second kappa shape index (κ2) is 7.63. The molecule has 1 N–H and O–H groups in total. The van der Waals surface area contributed by atoms with E-state index in [9.17, 15) is 9.59 Å². The Kier molecular flexibility index (Phi) is 4.87. The average Bonchev–Trinajstić information content (AvgIpc) is 2.96. The van der Waals surface area contributed by atoms with Gasteiger partial charge in [-0.05, 0) is 55.0 Å². The summed E-state index contributed by atoms with van der Waals surface area (Å²) >= 11 is 0. The molecule has 4 rings (SSSR count). The number of carbonyl (C=O) groups is 1. The zero-order valence-corrected chi connectivity index (χ0v) is 16.1. The number of aromatic nitrogens is 3. The van der Waals surface area contributed by atoms with Crippen LogP contribution >= 0.6 is 0 Å². The van der Waals surface area contributed by atoms with Crippen LogP contribution in [0.1, 0.15) is 5.56 Å². The van der Waals surface area contributed by atoms with Crippen LogP contribution in [0.4, 0.5) is 5.69 Å². The van der Waals surface area contributed by atoms with Gasteiger partial charge in [0.25, 0.3) is 0 Å². The van der Waals surface area contributed by atoms with Crippen molar-refractivity contribution in [2.75, 3.05) is 5.32 Å². The fraction of sp³-hybridized carbons (Fsp3) is 0.136. The van der Waals surface area contributed by atoms with E-state index in [0.29, 0.717) is 17.2 Å². The topological polar surface area (TPSA) is 78.2 Å². The number of pyridine rings is 1. The molecule has 0 aliphatic carbocycles. The van der Waals surface area contributed by atoms with Crippen LogP contribution in [0.2, 0.25) is 0 Å². The summed E-state index contributed by atoms with van der Waals surface area (Å²) in [6.07, 6.45) is 3.32. The Bertz CT molecular complexity index is 1240. The summed E-state index contributed by atoms with van der Waals surface area (Å²) in [5.74, 6) is 1.05. The number of nitrogens with zero attached hydrogens (tertiary/aromatic N) is 3. The van der Waals surface area contributed by atoms with Crippen LogP contribution < -0.4 is 15.7 Å². The van der Waals surface area contributed by atoms with Gasteiger partial charge in [-0.15, -0.1) is 0 Å². The minimum absolute atomic E-state index is 0.0623. The summed E-state index contributed by atoms with van der Waals surface area (Å²) in [4.78, 5) is 29.1. The first-order valence-corrected chi connectivity index (χ1v) is 9.15. The van der Waals surface area contributed by atoms with Crippen molar-refractivity contribution >= 4 is 22.6 Å². The average molecular weight is 388 g/mol. The van der Waals surface area contributed by atoms with Crippen LogP contribution in [-0.2, 0) is 18.4 Å². The standard InChI is InChI=1S/C22H20N4O3/c1-15-12-16(9-10-20(15)29-17-6-5-11-23-13-17)24-21(27)14-26-19-8-4-3-7-18(19)25(2)22(26)28/h3-13H,14H2,1-2H3,(H,24,27). The molecule has 0 radical (unpaired) electrons. The summed E-state index contributed by atoms with van der Waals surface area (Å²) < 4.78 is 8.82. The number of hydrogen-bond acceptors (Lipinski definition) is 4. The van der Waals surface area contributed by atoms with Crippen LogP contribution in [0.3, 0.4) is 0 Å². The molecule has 0 aliphatic heterocycles. The number of imidazole rings is 1. The van der Waals surface area contributed by atoms with Crippen molar-refractivity contribution < 1.29 is 9.53 Å². The SMILES string of the molecule is Cc1cc(NC(=O)Cn2c(=O)n(C)c3ccccc32)ccc1Oc1cccnc1. The first kappa shape index (κ1) is 18.5. The molecule has 7 nitrogen and oxygen atoms in total. The summed E-state index contributed by atoms with van der Waals surface area (Å²) in [6, 6.07) is 16.4. The molecule has 4 aromatic rings. The third-order valence-corrected chi connectivity index (χ3v) is 4.67. The van der Waals surface area contributed by atoms with Crippen molar-refractivity contribution in [1.82, 2.24) is 14.1 Å². The maximum absolute atomic E-state index is 12.6. The van der Waals surface area contributed by atoms with Gasteiger partial charge in [-0.3, -0.25) is 18.9 Å². The predicted molar refractivity (Wildman–Crippen MR) is 111 cm³/mol. The number of carbonyl (C=O) groups excluding carboxylic acids is 1. The molecule has 2 aromatic heterocycles. The number of para-hydroxylation sites is 2. The van der Waals surface area contributed by atoms with E-state index in [1.54, 1.807) is 37.6 Å². The number of nitrogens with one attached hydrogen (secondary N) is 1. The Morgan fingerprint density at radius 1 is 1.10 bits per heavy atom. The van der Waals surface area contributed by atoms with Gasteiger partial charge >= 0.3 is 5.69 Å². The molecule has 7 heteroatoms. The minimum Gasteiger partial charge on any atom is -0.455 e. The van der Waals surface area contributed by atoms with E-state index in [2.05, 4.69) is 10.3 Å². The van der Waals surface area contributed by atoms with Gasteiger partial charge in [0.1, 0.15) is 18.0 Å². The van der Waals surface area contributed by atoms with Crippen LogP contribution in [0.5, 0.6) is 11.5 Å². The number of hydrogen-bond donors (Lipinski definition) is 1. The van der Waals surface area contributed by atoms with Crippen LogP contribution in [0, 0.1) is 6.92 Å². The molecular weight excluding hydrogens is 368 g/mol. The third-order valence-electron chi connectivity index (χ3n) is 4.67. The van der Waals surface area contributed by atoms with Gasteiger partial charge < -0.3 is 10.1 Å². The molecule has 0 bridgehead atoms. The van der Waals surface area contributed by atoms with E-state index in [1.807, 2.05) is 43.3 Å². The molecule has 1 amide bonds. The Hall–Kier alpha value is -3.87. The zero-order chi connectivity index (χ0) is 20.4. The van der Waals surface area contributed by atoms with Crippen molar-refractivity contribution in [3.63, 3.8) is 0 Å². The summed E-state index contributed by atoms with van der Waals surface area (Å²) in [5.41, 5.74) is 2.80. The molecule has 0 aliphatic rings. The van der Waals surface area contributed by atoms with E-state index in [1.165, 1.54) is 9.13 Å². The molecular formula is C22H20N4O3. The first-order chi connectivity index (χ1) is 14.0. The highest BCUT2D eigenvalue weighted by molar-refractivity contribution is 5.91. The van der Waals surface area contributed by atoms with Crippen molar-refractivity contribution in [2.24, 2.45) is 7.05 Å². The Morgan fingerprint density at radius 2 is 1.90 bits per heavy atom. The molecule has 2 aromatic carbocycles. The molecule has 29 heavy (non-hydrogen) atoms. The normalized spacial score (nSPS) is 10.8. The number of amides is 1. The molecule has 0 unspecified atom stereocenters. The highest BCUT2D eigenvalue weighted by Crippen LogP contribution is 2.26. The maximum Gasteiger partial charge on any atom is 0.329 e. The highest BCUT2D eigenvalue weighted by atomic mass is 16.5. The Balaban J connectivity index is 1.50. The number of ether oxygens (including phenoxy) is 1. The predicted octanol–water partition coefficient (Wildman–Crippen LogP) is 3.47. The first-order valence-electron chi connectivity index (χ1n) is 9.15. The maximum atomic E-state index is 12.6. The van der Waals surface area contributed by atoms with Gasteiger partial charge in [0, 0.05) is 18.9 Å². The number of benzene rings is 2. The van der Waals surface area contributed by atoms with E-state index < -0.39 is 0 Å². The highest BCUT2D eigenvalue weighted by Gasteiger charge is 2.13. The minimum atomic E-state index is -0.274. The number of anilines is 1. The Labute approximate surface area is 167 Å². The van der Waals surface area contributed by atoms with Crippen molar-refractivity contribution in [3.8, 4) is 11.5 Å². The lowest BCUT2D eigenvalue weighted by Gasteiger charge is -2.11. The quantitative estimate of drug-likeness (QED) is 0.568. The molecule has 146 valence electrons. The zero-order valence-electron chi connectivity index (χ0n) is 16.1. The molecule has 2 heterocycles. The lowest BCUT2D eigenvalue weighted by Crippen LogP contribution is -2.28. The van der Waals surface area contributed by atoms with E-state index >= 15 is 0 Å². The largest absolute Gasteiger partial charge is 0.455 e. The fourth-order valence-corrected chi connectivity index (χ4v) is 3.24. The molecule has 0 spiro atoms. The van der Waals surface area contributed by atoms with Crippen LogP contribution in [-0.4, -0.2) is 20.0 Å². The van der Waals surface area contributed by atoms with Gasteiger partial charge in [-0.2, -0.15) is 0 Å². The van der Waals surface area contributed by atoms with E-state index in [-0.39, 0.29) is 18.1 Å². The summed E-state index contributed by atoms with van der Waals surface area (Å²) in [7, 11) is 1.70. The van der Waals surface area contributed by atoms with E-state index in [4.69, 9.17) is 4.74 Å². The van der Waals surface area contributed by atoms with Gasteiger partial charge in [0.15, 0.2) is 0 Å². The fourth-order valence-electron chi connectivity index (χ4n) is 3.24. The van der Waals surface area contributed by atoms with Crippen molar-refractivity contribution in [1.29, 1.82) is 0 Å². The summed E-state index contributed by atoms with van der Waals surface area (Å²) in [5, 5.41) is 2.85.